The molecular formula is C24H28N4O2. The molecule has 0 saturated carbocycles. The molecule has 0 unspecified atom stereocenters. The molecule has 2 N–H and O–H groups in total. The molecule has 0 spiro atoms. The minimum absolute atomic E-state index is 0.811. The average Bonchev–Trinajstić information content (AvgIpc) is 3.25. The molecule has 1 fully saturated rings. The molecule has 6 heteroatoms. The second-order valence-electron chi connectivity index (χ2n) is 7.91. The van der Waals surface area contributed by atoms with Gasteiger partial charge in [0, 0.05) is 49.0 Å². The van der Waals surface area contributed by atoms with Crippen LogP contribution in [-0.2, 0) is 11.3 Å². The normalized spacial score (nSPS) is 17.8. The predicted molar refractivity (Wildman–Crippen MR) is 120 cm³/mol. The van der Waals surface area contributed by atoms with Crippen LogP contribution in [0.3, 0.4) is 0 Å². The van der Waals surface area contributed by atoms with Gasteiger partial charge in [-0.25, -0.2) is 4.98 Å². The molecule has 0 amide bonds. The number of pyridine rings is 1. The largest absolute Gasteiger partial charge is 0.496 e. The monoisotopic (exact) mass is 404 g/mol. The van der Waals surface area contributed by atoms with Gasteiger partial charge in [-0.15, -0.1) is 0 Å². The molecule has 1 aromatic carbocycles. The maximum atomic E-state index is 5.73. The average molecular weight is 405 g/mol. The van der Waals surface area contributed by atoms with Crippen molar-refractivity contribution in [2.75, 3.05) is 46.5 Å². The van der Waals surface area contributed by atoms with Crippen LogP contribution in [0.4, 0.5) is 0 Å². The van der Waals surface area contributed by atoms with E-state index in [1.807, 2.05) is 6.20 Å². The summed E-state index contributed by atoms with van der Waals surface area (Å²) < 4.78 is 11.2. The van der Waals surface area contributed by atoms with Crippen LogP contribution in [0.15, 0.2) is 42.6 Å². The number of morpholine rings is 1. The zero-order chi connectivity index (χ0) is 20.3. The van der Waals surface area contributed by atoms with Crippen LogP contribution in [0, 0.1) is 0 Å². The van der Waals surface area contributed by atoms with Crippen LogP contribution in [-0.4, -0.2) is 61.4 Å². The number of H-pyrrole nitrogens is 1. The molecule has 0 atom stereocenters. The highest BCUT2D eigenvalue weighted by molar-refractivity contribution is 5.96. The number of methoxy groups -OCH3 is 1. The molecule has 0 radical (unpaired) electrons. The van der Waals surface area contributed by atoms with Crippen LogP contribution < -0.4 is 10.1 Å². The molecular weight excluding hydrogens is 376 g/mol. The summed E-state index contributed by atoms with van der Waals surface area (Å²) in [5, 5.41) is 4.51. The third kappa shape index (κ3) is 3.86. The van der Waals surface area contributed by atoms with E-state index >= 15 is 0 Å². The Balaban J connectivity index is 1.54. The summed E-state index contributed by atoms with van der Waals surface area (Å²) in [4.78, 5) is 10.6. The molecule has 6 nitrogen and oxygen atoms in total. The van der Waals surface area contributed by atoms with E-state index in [1.54, 1.807) is 7.11 Å². The summed E-state index contributed by atoms with van der Waals surface area (Å²) in [6.07, 6.45) is 5.17. The van der Waals surface area contributed by atoms with Crippen molar-refractivity contribution >= 4 is 16.6 Å². The Hall–Kier alpha value is -2.67. The highest BCUT2D eigenvalue weighted by Crippen LogP contribution is 2.36. The van der Waals surface area contributed by atoms with E-state index in [4.69, 9.17) is 9.47 Å². The molecule has 2 aliphatic rings. The standard InChI is InChI=1S/C24H28N4O2/c1-29-23-3-2-17(16-28-10-12-30-13-11-28)14-20(23)19-6-9-26-24-21(19)15-22(27-24)18-4-7-25-8-5-18/h2-4,6,9,14-15,25H,5,7-8,10-13,16H2,1H3,(H,26,27). The number of hydrogen-bond acceptors (Lipinski definition) is 5. The number of rotatable bonds is 5. The van der Waals surface area contributed by atoms with E-state index in [0.717, 1.165) is 86.0 Å². The van der Waals surface area contributed by atoms with Gasteiger partial charge in [0.15, 0.2) is 0 Å². The Morgan fingerprint density at radius 2 is 2.03 bits per heavy atom. The maximum Gasteiger partial charge on any atom is 0.138 e. The zero-order valence-corrected chi connectivity index (χ0v) is 17.4. The highest BCUT2D eigenvalue weighted by Gasteiger charge is 2.17. The lowest BCUT2D eigenvalue weighted by Crippen LogP contribution is -2.35. The van der Waals surface area contributed by atoms with Gasteiger partial charge in [0.05, 0.1) is 20.3 Å². The van der Waals surface area contributed by atoms with E-state index in [1.165, 1.54) is 11.1 Å². The lowest BCUT2D eigenvalue weighted by molar-refractivity contribution is 0.0342. The van der Waals surface area contributed by atoms with Crippen molar-refractivity contribution < 1.29 is 9.47 Å². The smallest absolute Gasteiger partial charge is 0.138 e. The summed E-state index contributed by atoms with van der Waals surface area (Å²) in [6, 6.07) is 10.8. The second kappa shape index (κ2) is 8.60. The van der Waals surface area contributed by atoms with Crippen LogP contribution in [0.2, 0.25) is 0 Å². The molecule has 0 aliphatic carbocycles. The first-order valence-corrected chi connectivity index (χ1v) is 10.7. The van der Waals surface area contributed by atoms with E-state index in [2.05, 4.69) is 56.6 Å². The van der Waals surface area contributed by atoms with Crippen molar-refractivity contribution in [2.45, 2.75) is 13.0 Å². The Bertz CT molecular complexity index is 1070. The Morgan fingerprint density at radius 1 is 1.13 bits per heavy atom. The molecule has 4 heterocycles. The number of nitrogens with zero attached hydrogens (tertiary/aromatic N) is 2. The molecule has 30 heavy (non-hydrogen) atoms. The predicted octanol–water partition coefficient (Wildman–Crippen LogP) is 3.45. The fraction of sp³-hybridized carbons (Fsp3) is 0.375. The number of fused-ring (bicyclic) bond motifs is 1. The van der Waals surface area contributed by atoms with Gasteiger partial charge in [0.25, 0.3) is 0 Å². The quantitative estimate of drug-likeness (QED) is 0.682. The Morgan fingerprint density at radius 3 is 2.83 bits per heavy atom. The van der Waals surface area contributed by atoms with E-state index < -0.39 is 0 Å². The molecule has 0 bridgehead atoms. The molecule has 2 aromatic heterocycles. The minimum atomic E-state index is 0.811. The number of aromatic amines is 1. The van der Waals surface area contributed by atoms with E-state index in [-0.39, 0.29) is 0 Å². The highest BCUT2D eigenvalue weighted by atomic mass is 16.5. The number of aromatic nitrogens is 2. The van der Waals surface area contributed by atoms with Crippen molar-refractivity contribution in [3.05, 3.63) is 53.9 Å². The summed E-state index contributed by atoms with van der Waals surface area (Å²) >= 11 is 0. The molecule has 156 valence electrons. The third-order valence-corrected chi connectivity index (χ3v) is 6.01. The minimum Gasteiger partial charge on any atom is -0.496 e. The molecule has 2 aliphatic heterocycles. The van der Waals surface area contributed by atoms with E-state index in [0.29, 0.717) is 0 Å². The second-order valence-corrected chi connectivity index (χ2v) is 7.91. The van der Waals surface area contributed by atoms with Crippen molar-refractivity contribution in [1.82, 2.24) is 20.2 Å². The van der Waals surface area contributed by atoms with Crippen LogP contribution >= 0.6 is 0 Å². The van der Waals surface area contributed by atoms with Crippen LogP contribution in [0.25, 0.3) is 27.7 Å². The molecule has 1 saturated heterocycles. The van der Waals surface area contributed by atoms with Crippen LogP contribution in [0.5, 0.6) is 5.75 Å². The first-order valence-electron chi connectivity index (χ1n) is 10.7. The summed E-state index contributed by atoms with van der Waals surface area (Å²) in [5.74, 6) is 0.886. The zero-order valence-electron chi connectivity index (χ0n) is 17.4. The molecule has 3 aromatic rings. The van der Waals surface area contributed by atoms with Crippen molar-refractivity contribution in [1.29, 1.82) is 0 Å². The fourth-order valence-electron chi connectivity index (χ4n) is 4.38. The summed E-state index contributed by atoms with van der Waals surface area (Å²) in [7, 11) is 1.74. The van der Waals surface area contributed by atoms with Gasteiger partial charge in [-0.3, -0.25) is 4.90 Å². The van der Waals surface area contributed by atoms with Gasteiger partial charge in [0.1, 0.15) is 11.4 Å². The SMILES string of the molecule is COc1ccc(CN2CCOCC2)cc1-c1ccnc2[nH]c(C3=CCNCC3)cc12. The third-order valence-electron chi connectivity index (χ3n) is 6.01. The van der Waals surface area contributed by atoms with Gasteiger partial charge >= 0.3 is 0 Å². The number of ether oxygens (including phenoxy) is 2. The van der Waals surface area contributed by atoms with E-state index in [9.17, 15) is 0 Å². The van der Waals surface area contributed by atoms with Gasteiger partial charge in [-0.2, -0.15) is 0 Å². The lowest BCUT2D eigenvalue weighted by atomic mass is 9.99. The summed E-state index contributed by atoms with van der Waals surface area (Å²) in [5.41, 5.74) is 6.98. The maximum absolute atomic E-state index is 5.73. The lowest BCUT2D eigenvalue weighted by Gasteiger charge is -2.26. The fourth-order valence-corrected chi connectivity index (χ4v) is 4.38. The molecule has 5 rings (SSSR count). The first kappa shape index (κ1) is 19.3. The number of benzene rings is 1. The number of nitrogens with one attached hydrogen (secondary N) is 2. The van der Waals surface area contributed by atoms with Gasteiger partial charge < -0.3 is 19.8 Å². The van der Waals surface area contributed by atoms with Crippen molar-refractivity contribution in [3.8, 4) is 16.9 Å². The van der Waals surface area contributed by atoms with Gasteiger partial charge in [0.2, 0.25) is 0 Å². The Labute approximate surface area is 176 Å². The van der Waals surface area contributed by atoms with Gasteiger partial charge in [-0.05, 0) is 53.9 Å². The van der Waals surface area contributed by atoms with Crippen LogP contribution in [0.1, 0.15) is 17.7 Å². The van der Waals surface area contributed by atoms with Gasteiger partial charge in [-0.1, -0.05) is 12.1 Å². The number of hydrogen-bond donors (Lipinski definition) is 2. The first-order chi connectivity index (χ1) is 14.8. The Kier molecular flexibility index (Phi) is 5.53. The summed E-state index contributed by atoms with van der Waals surface area (Å²) in [6.45, 7) is 6.43. The topological polar surface area (TPSA) is 62.4 Å². The van der Waals surface area contributed by atoms with Crippen molar-refractivity contribution in [2.24, 2.45) is 0 Å². The van der Waals surface area contributed by atoms with Crippen molar-refractivity contribution in [3.63, 3.8) is 0 Å².